The van der Waals surface area contributed by atoms with E-state index in [0.717, 1.165) is 36.5 Å². The molecule has 2 heterocycles. The van der Waals surface area contributed by atoms with Gasteiger partial charge in [-0.25, -0.2) is 0 Å². The summed E-state index contributed by atoms with van der Waals surface area (Å²) >= 11 is 5.25. The van der Waals surface area contributed by atoms with Gasteiger partial charge in [0.2, 0.25) is 5.91 Å². The van der Waals surface area contributed by atoms with Gasteiger partial charge in [0.05, 0.1) is 3.79 Å². The fourth-order valence-electron chi connectivity index (χ4n) is 2.93. The van der Waals surface area contributed by atoms with Crippen LogP contribution in [0, 0.1) is 0 Å². The molecule has 3 rings (SSSR count). The van der Waals surface area contributed by atoms with Crippen molar-refractivity contribution in [3.8, 4) is 0 Å². The molecular formula is C19H22BrN3O2S. The molecule has 0 radical (unpaired) electrons. The summed E-state index contributed by atoms with van der Waals surface area (Å²) < 4.78 is 1.15. The first-order chi connectivity index (χ1) is 12.5. The van der Waals surface area contributed by atoms with Crippen molar-refractivity contribution in [2.45, 2.75) is 19.9 Å². The quantitative estimate of drug-likeness (QED) is 0.776. The van der Waals surface area contributed by atoms with Gasteiger partial charge in [-0.15, -0.1) is 11.3 Å². The molecule has 2 aromatic rings. The Hall–Kier alpha value is -1.70. The molecule has 0 unspecified atom stereocenters. The highest BCUT2D eigenvalue weighted by molar-refractivity contribution is 9.11. The van der Waals surface area contributed by atoms with Gasteiger partial charge in [0.1, 0.15) is 0 Å². The van der Waals surface area contributed by atoms with Crippen LogP contribution >= 0.6 is 27.3 Å². The van der Waals surface area contributed by atoms with Crippen molar-refractivity contribution < 1.29 is 9.59 Å². The summed E-state index contributed by atoms with van der Waals surface area (Å²) in [6.45, 7) is 5.91. The molecule has 0 atom stereocenters. The number of benzene rings is 1. The summed E-state index contributed by atoms with van der Waals surface area (Å²) in [4.78, 5) is 29.9. The zero-order chi connectivity index (χ0) is 18.5. The van der Waals surface area contributed by atoms with Crippen molar-refractivity contribution in [1.29, 1.82) is 0 Å². The molecule has 0 saturated carbocycles. The van der Waals surface area contributed by atoms with Crippen LogP contribution in [0.5, 0.6) is 0 Å². The van der Waals surface area contributed by atoms with Gasteiger partial charge < -0.3 is 10.2 Å². The SMILES string of the molecule is CCC(=O)Nc1cccc(C(=O)N2CCN(Cc3ccc(Br)s3)CC2)c1. The van der Waals surface area contributed by atoms with Crippen LogP contribution in [0.15, 0.2) is 40.2 Å². The lowest BCUT2D eigenvalue weighted by molar-refractivity contribution is -0.115. The molecule has 1 aromatic heterocycles. The molecule has 1 saturated heterocycles. The predicted octanol–water partition coefficient (Wildman–Crippen LogP) is 3.82. The summed E-state index contributed by atoms with van der Waals surface area (Å²) in [7, 11) is 0. The van der Waals surface area contributed by atoms with Crippen LogP contribution in [0.2, 0.25) is 0 Å². The molecular weight excluding hydrogens is 414 g/mol. The number of nitrogens with one attached hydrogen (secondary N) is 1. The number of carbonyl (C=O) groups excluding carboxylic acids is 2. The van der Waals surface area contributed by atoms with E-state index in [9.17, 15) is 9.59 Å². The minimum Gasteiger partial charge on any atom is -0.336 e. The largest absolute Gasteiger partial charge is 0.336 e. The van der Waals surface area contributed by atoms with Crippen molar-refractivity contribution in [3.05, 3.63) is 50.6 Å². The standard InChI is InChI=1S/C19H22BrN3O2S/c1-2-18(24)21-15-5-3-4-14(12-15)19(25)23-10-8-22(9-11-23)13-16-6-7-17(20)26-16/h3-7,12H,2,8-11,13H2,1H3,(H,21,24). The third-order valence-corrected chi connectivity index (χ3v) is 5.99. The van der Waals surface area contributed by atoms with Crippen molar-refractivity contribution in [1.82, 2.24) is 9.80 Å². The second kappa shape index (κ2) is 8.79. The average Bonchev–Trinajstić information content (AvgIpc) is 3.06. The summed E-state index contributed by atoms with van der Waals surface area (Å²) in [6.07, 6.45) is 0.418. The lowest BCUT2D eigenvalue weighted by Crippen LogP contribution is -2.48. The van der Waals surface area contributed by atoms with E-state index in [1.807, 2.05) is 11.0 Å². The first kappa shape index (κ1) is 19.1. The smallest absolute Gasteiger partial charge is 0.254 e. The third kappa shape index (κ3) is 4.93. The van der Waals surface area contributed by atoms with Crippen molar-refractivity contribution in [3.63, 3.8) is 0 Å². The van der Waals surface area contributed by atoms with E-state index in [2.05, 4.69) is 38.3 Å². The van der Waals surface area contributed by atoms with Crippen molar-refractivity contribution in [2.24, 2.45) is 0 Å². The summed E-state index contributed by atoms with van der Waals surface area (Å²) in [5.41, 5.74) is 1.29. The number of rotatable bonds is 5. The number of thiophene rings is 1. The van der Waals surface area contributed by atoms with Gasteiger partial charge in [-0.05, 0) is 46.3 Å². The summed E-state index contributed by atoms with van der Waals surface area (Å²) in [6, 6.07) is 11.4. The topological polar surface area (TPSA) is 52.7 Å². The van der Waals surface area contributed by atoms with Crippen LogP contribution in [-0.4, -0.2) is 47.8 Å². The monoisotopic (exact) mass is 435 g/mol. The fraction of sp³-hybridized carbons (Fsp3) is 0.368. The highest BCUT2D eigenvalue weighted by Gasteiger charge is 2.22. The molecule has 0 aliphatic carbocycles. The van der Waals surface area contributed by atoms with E-state index < -0.39 is 0 Å². The van der Waals surface area contributed by atoms with Crippen molar-refractivity contribution >= 4 is 44.8 Å². The van der Waals surface area contributed by atoms with Crippen LogP contribution < -0.4 is 5.32 Å². The van der Waals surface area contributed by atoms with E-state index in [0.29, 0.717) is 17.7 Å². The second-order valence-electron chi connectivity index (χ2n) is 6.26. The van der Waals surface area contributed by atoms with E-state index >= 15 is 0 Å². The Kier molecular flexibility index (Phi) is 6.45. The molecule has 7 heteroatoms. The highest BCUT2D eigenvalue weighted by atomic mass is 79.9. The van der Waals surface area contributed by atoms with Crippen LogP contribution in [0.3, 0.4) is 0 Å². The first-order valence-corrected chi connectivity index (χ1v) is 10.3. The minimum atomic E-state index is -0.0524. The number of nitrogens with zero attached hydrogens (tertiary/aromatic N) is 2. The highest BCUT2D eigenvalue weighted by Crippen LogP contribution is 2.24. The second-order valence-corrected chi connectivity index (χ2v) is 8.80. The van der Waals surface area contributed by atoms with Gasteiger partial charge in [0.15, 0.2) is 0 Å². The molecule has 0 bridgehead atoms. The van der Waals surface area contributed by atoms with E-state index in [1.54, 1.807) is 36.5 Å². The number of hydrogen-bond donors (Lipinski definition) is 1. The van der Waals surface area contributed by atoms with Gasteiger partial charge in [-0.3, -0.25) is 14.5 Å². The molecule has 1 aliphatic heterocycles. The lowest BCUT2D eigenvalue weighted by Gasteiger charge is -2.34. The molecule has 0 spiro atoms. The fourth-order valence-corrected chi connectivity index (χ4v) is 4.45. The summed E-state index contributed by atoms with van der Waals surface area (Å²) in [5, 5.41) is 2.81. The number of amides is 2. The Labute approximate surface area is 166 Å². The third-order valence-electron chi connectivity index (χ3n) is 4.38. The Morgan fingerprint density at radius 1 is 1.15 bits per heavy atom. The Balaban J connectivity index is 1.56. The molecule has 1 aliphatic rings. The first-order valence-electron chi connectivity index (χ1n) is 8.71. The Morgan fingerprint density at radius 2 is 1.92 bits per heavy atom. The van der Waals surface area contributed by atoms with Crippen molar-refractivity contribution in [2.75, 3.05) is 31.5 Å². The maximum Gasteiger partial charge on any atom is 0.254 e. The van der Waals surface area contributed by atoms with Crippen LogP contribution in [0.25, 0.3) is 0 Å². The number of hydrogen-bond acceptors (Lipinski definition) is 4. The zero-order valence-corrected chi connectivity index (χ0v) is 17.1. The van der Waals surface area contributed by atoms with Crippen LogP contribution in [0.1, 0.15) is 28.6 Å². The minimum absolute atomic E-state index is 0.0242. The molecule has 1 fully saturated rings. The van der Waals surface area contributed by atoms with Gasteiger partial charge in [-0.1, -0.05) is 13.0 Å². The van der Waals surface area contributed by atoms with E-state index in [4.69, 9.17) is 0 Å². The van der Waals surface area contributed by atoms with Gasteiger partial charge >= 0.3 is 0 Å². The number of carbonyl (C=O) groups is 2. The predicted molar refractivity (Wildman–Crippen MR) is 109 cm³/mol. The molecule has 2 amide bonds. The molecule has 26 heavy (non-hydrogen) atoms. The number of piperazine rings is 1. The molecule has 138 valence electrons. The van der Waals surface area contributed by atoms with Gasteiger partial charge in [0.25, 0.3) is 5.91 Å². The van der Waals surface area contributed by atoms with Crippen LogP contribution in [-0.2, 0) is 11.3 Å². The Bertz CT molecular complexity index is 785. The van der Waals surface area contributed by atoms with Gasteiger partial charge in [0, 0.05) is 55.3 Å². The average molecular weight is 436 g/mol. The lowest BCUT2D eigenvalue weighted by atomic mass is 10.1. The van der Waals surface area contributed by atoms with Gasteiger partial charge in [-0.2, -0.15) is 0 Å². The normalized spacial score (nSPS) is 15.1. The molecule has 1 N–H and O–H groups in total. The van der Waals surface area contributed by atoms with Crippen LogP contribution in [0.4, 0.5) is 5.69 Å². The number of halogens is 1. The maximum atomic E-state index is 12.8. The maximum absolute atomic E-state index is 12.8. The number of anilines is 1. The molecule has 1 aromatic carbocycles. The molecule has 5 nitrogen and oxygen atoms in total. The Morgan fingerprint density at radius 3 is 2.58 bits per heavy atom. The van der Waals surface area contributed by atoms with E-state index in [-0.39, 0.29) is 11.8 Å². The summed E-state index contributed by atoms with van der Waals surface area (Å²) in [5.74, 6) is -0.0282. The van der Waals surface area contributed by atoms with E-state index in [1.165, 1.54) is 4.88 Å². The zero-order valence-electron chi connectivity index (χ0n) is 14.7.